The minimum atomic E-state index is -1.20. The van der Waals surface area contributed by atoms with E-state index in [-0.39, 0.29) is 25.2 Å². The highest BCUT2D eigenvalue weighted by atomic mass is 32.2. The maximum atomic E-state index is 12.9. The third kappa shape index (κ3) is 11.0. The molecule has 5 atom stereocenters. The van der Waals surface area contributed by atoms with E-state index in [1.165, 1.54) is 18.7 Å². The Morgan fingerprint density at radius 3 is 2.06 bits per heavy atom. The van der Waals surface area contributed by atoms with Crippen molar-refractivity contribution in [2.45, 2.75) is 70.6 Å². The van der Waals surface area contributed by atoms with Gasteiger partial charge in [0.2, 0.25) is 23.6 Å². The molecule has 0 bridgehead atoms. The van der Waals surface area contributed by atoms with Gasteiger partial charge in [0.1, 0.15) is 18.1 Å². The van der Waals surface area contributed by atoms with Crippen LogP contribution in [0.2, 0.25) is 0 Å². The lowest BCUT2D eigenvalue weighted by Gasteiger charge is -2.27. The second-order valence-corrected chi connectivity index (χ2v) is 8.38. The standard InChI is InChI=1S/C19H35N5O6S/c1-5-10(2)15(24-16(26)12(20)6-7-14(21)25)18(28)23-13(8-9-31-4)17(27)22-11(3)19(29)30/h10-13,15H,5-9,20H2,1-4H3,(H2,21,25)(H,22,27)(H,23,28)(H,24,26)(H,29,30). The summed E-state index contributed by atoms with van der Waals surface area (Å²) in [6.45, 7) is 4.93. The topological polar surface area (TPSA) is 194 Å². The summed E-state index contributed by atoms with van der Waals surface area (Å²) < 4.78 is 0. The molecule has 0 saturated carbocycles. The Bertz CT molecular complexity index is 647. The molecule has 0 aliphatic rings. The van der Waals surface area contributed by atoms with E-state index >= 15 is 0 Å². The first-order valence-electron chi connectivity index (χ1n) is 10.1. The van der Waals surface area contributed by atoms with Crippen molar-refractivity contribution >= 4 is 41.4 Å². The van der Waals surface area contributed by atoms with Crippen molar-refractivity contribution in [1.82, 2.24) is 16.0 Å². The Kier molecular flexibility index (Phi) is 13.5. The lowest BCUT2D eigenvalue weighted by molar-refractivity contribution is -0.142. The lowest BCUT2D eigenvalue weighted by Crippen LogP contribution is -2.58. The third-order valence-corrected chi connectivity index (χ3v) is 5.45. The summed E-state index contributed by atoms with van der Waals surface area (Å²) in [5, 5.41) is 16.6. The number of rotatable bonds is 15. The second kappa shape index (κ2) is 14.6. The highest BCUT2D eigenvalue weighted by Crippen LogP contribution is 2.10. The van der Waals surface area contributed by atoms with Crippen molar-refractivity contribution < 1.29 is 29.1 Å². The molecule has 0 saturated heterocycles. The number of hydrogen-bond acceptors (Lipinski definition) is 7. The molecule has 0 fully saturated rings. The summed E-state index contributed by atoms with van der Waals surface area (Å²) in [7, 11) is 0. The number of nitrogens with one attached hydrogen (secondary N) is 3. The van der Waals surface area contributed by atoms with E-state index in [0.29, 0.717) is 12.2 Å². The zero-order chi connectivity index (χ0) is 24.1. The van der Waals surface area contributed by atoms with Gasteiger partial charge in [-0.2, -0.15) is 11.8 Å². The fraction of sp³-hybridized carbons (Fsp3) is 0.737. The average Bonchev–Trinajstić information content (AvgIpc) is 2.71. The molecule has 0 aliphatic carbocycles. The Hall–Kier alpha value is -2.34. The Morgan fingerprint density at radius 1 is 0.968 bits per heavy atom. The molecular formula is C19H35N5O6S. The van der Waals surface area contributed by atoms with Crippen LogP contribution in [-0.4, -0.2) is 70.9 Å². The van der Waals surface area contributed by atoms with Crippen molar-refractivity contribution in [3.63, 3.8) is 0 Å². The smallest absolute Gasteiger partial charge is 0.325 e. The zero-order valence-electron chi connectivity index (χ0n) is 18.5. The van der Waals surface area contributed by atoms with Crippen LogP contribution < -0.4 is 27.4 Å². The number of aliphatic carboxylic acids is 1. The Balaban J connectivity index is 5.32. The van der Waals surface area contributed by atoms with Crippen LogP contribution in [0.25, 0.3) is 0 Å². The van der Waals surface area contributed by atoms with Crippen LogP contribution in [0.3, 0.4) is 0 Å². The van der Waals surface area contributed by atoms with Gasteiger partial charge in [0.15, 0.2) is 0 Å². The van der Waals surface area contributed by atoms with Crippen molar-refractivity contribution in [1.29, 1.82) is 0 Å². The van der Waals surface area contributed by atoms with Crippen molar-refractivity contribution in [3.8, 4) is 0 Å². The third-order valence-electron chi connectivity index (χ3n) is 4.80. The highest BCUT2D eigenvalue weighted by molar-refractivity contribution is 7.98. The Labute approximate surface area is 186 Å². The summed E-state index contributed by atoms with van der Waals surface area (Å²) in [6.07, 6.45) is 2.67. The van der Waals surface area contributed by atoms with Gasteiger partial charge < -0.3 is 32.5 Å². The van der Waals surface area contributed by atoms with E-state index in [1.807, 2.05) is 13.2 Å². The first-order valence-corrected chi connectivity index (χ1v) is 11.5. The number of carbonyl (C=O) groups excluding carboxylic acids is 4. The maximum absolute atomic E-state index is 12.9. The van der Waals surface area contributed by atoms with Gasteiger partial charge in [0.25, 0.3) is 0 Å². The van der Waals surface area contributed by atoms with Gasteiger partial charge in [0.05, 0.1) is 6.04 Å². The molecule has 0 aromatic carbocycles. The van der Waals surface area contributed by atoms with Gasteiger partial charge in [0, 0.05) is 6.42 Å². The number of nitrogens with two attached hydrogens (primary N) is 2. The highest BCUT2D eigenvalue weighted by Gasteiger charge is 2.31. The molecule has 0 rings (SSSR count). The summed E-state index contributed by atoms with van der Waals surface area (Å²) in [4.78, 5) is 59.7. The van der Waals surface area contributed by atoms with E-state index in [0.717, 1.165) is 0 Å². The predicted octanol–water partition coefficient (Wildman–Crippen LogP) is -1.06. The van der Waals surface area contributed by atoms with E-state index in [1.54, 1.807) is 6.92 Å². The normalized spacial score (nSPS) is 15.6. The molecular weight excluding hydrogens is 426 g/mol. The average molecular weight is 462 g/mol. The molecule has 0 aliphatic heterocycles. The van der Waals surface area contributed by atoms with E-state index in [2.05, 4.69) is 16.0 Å². The van der Waals surface area contributed by atoms with Gasteiger partial charge in [-0.25, -0.2) is 0 Å². The summed E-state index contributed by atoms with van der Waals surface area (Å²) in [6, 6.07) is -4.05. The monoisotopic (exact) mass is 461 g/mol. The molecule has 12 heteroatoms. The van der Waals surface area contributed by atoms with Gasteiger partial charge in [-0.3, -0.25) is 24.0 Å². The number of hydrogen-bond donors (Lipinski definition) is 6. The number of carboxylic acid groups (broad SMARTS) is 1. The number of thioether (sulfide) groups is 1. The van der Waals surface area contributed by atoms with Crippen molar-refractivity contribution in [3.05, 3.63) is 0 Å². The lowest BCUT2D eigenvalue weighted by atomic mass is 9.97. The Morgan fingerprint density at radius 2 is 1.58 bits per heavy atom. The van der Waals surface area contributed by atoms with Crippen molar-refractivity contribution in [2.24, 2.45) is 17.4 Å². The fourth-order valence-electron chi connectivity index (χ4n) is 2.53. The molecule has 0 spiro atoms. The van der Waals surface area contributed by atoms with Gasteiger partial charge in [-0.15, -0.1) is 0 Å². The van der Waals surface area contributed by atoms with Crippen LogP contribution in [-0.2, 0) is 24.0 Å². The summed E-state index contributed by atoms with van der Waals surface area (Å²) >= 11 is 1.47. The maximum Gasteiger partial charge on any atom is 0.325 e. The SMILES string of the molecule is CCC(C)C(NC(=O)C(N)CCC(N)=O)C(=O)NC(CCSC)C(=O)NC(C)C(=O)O. The van der Waals surface area contributed by atoms with Crippen LogP contribution in [0.5, 0.6) is 0 Å². The van der Waals surface area contributed by atoms with Crippen LogP contribution in [0.4, 0.5) is 0 Å². The van der Waals surface area contributed by atoms with Crippen LogP contribution in [0.15, 0.2) is 0 Å². The number of amides is 4. The zero-order valence-corrected chi connectivity index (χ0v) is 19.3. The number of carboxylic acids is 1. The molecule has 8 N–H and O–H groups in total. The van der Waals surface area contributed by atoms with Gasteiger partial charge >= 0.3 is 5.97 Å². The van der Waals surface area contributed by atoms with E-state index < -0.39 is 53.8 Å². The molecule has 0 aromatic rings. The van der Waals surface area contributed by atoms with Crippen molar-refractivity contribution in [2.75, 3.05) is 12.0 Å². The van der Waals surface area contributed by atoms with Crippen LogP contribution >= 0.6 is 11.8 Å². The first kappa shape index (κ1) is 28.7. The van der Waals surface area contributed by atoms with E-state index in [4.69, 9.17) is 16.6 Å². The van der Waals surface area contributed by atoms with Gasteiger partial charge in [-0.05, 0) is 37.7 Å². The predicted molar refractivity (Wildman–Crippen MR) is 118 cm³/mol. The quantitative estimate of drug-likeness (QED) is 0.177. The molecule has 4 amide bonds. The first-order chi connectivity index (χ1) is 14.4. The molecule has 0 radical (unpaired) electrons. The van der Waals surface area contributed by atoms with Crippen LogP contribution in [0, 0.1) is 5.92 Å². The molecule has 11 nitrogen and oxygen atoms in total. The minimum absolute atomic E-state index is 0.0435. The number of primary amides is 1. The van der Waals surface area contributed by atoms with Gasteiger partial charge in [-0.1, -0.05) is 20.3 Å². The molecule has 31 heavy (non-hydrogen) atoms. The second-order valence-electron chi connectivity index (χ2n) is 7.39. The number of carbonyl (C=O) groups is 5. The van der Waals surface area contributed by atoms with Crippen LogP contribution in [0.1, 0.15) is 46.5 Å². The summed E-state index contributed by atoms with van der Waals surface area (Å²) in [5.41, 5.74) is 10.8. The molecule has 0 aromatic heterocycles. The summed E-state index contributed by atoms with van der Waals surface area (Å²) in [5.74, 6) is -3.30. The van der Waals surface area contributed by atoms with E-state index in [9.17, 15) is 24.0 Å². The minimum Gasteiger partial charge on any atom is -0.480 e. The molecule has 5 unspecified atom stereocenters. The largest absolute Gasteiger partial charge is 0.480 e. The molecule has 0 heterocycles. The molecule has 178 valence electrons. The fourth-order valence-corrected chi connectivity index (χ4v) is 3.00.